The number of imide groups is 1. The highest BCUT2D eigenvalue weighted by molar-refractivity contribution is 8.00. The highest BCUT2D eigenvalue weighted by Crippen LogP contribution is 2.27. The van der Waals surface area contributed by atoms with E-state index < -0.39 is 5.25 Å². The Hall–Kier alpha value is -2.55. The monoisotopic (exact) mass is 330 g/mol. The van der Waals surface area contributed by atoms with Gasteiger partial charge in [0.05, 0.1) is 16.3 Å². The van der Waals surface area contributed by atoms with E-state index in [9.17, 15) is 9.59 Å². The molecule has 4 rings (SSSR count). The Morgan fingerprint density at radius 3 is 3.00 bits per heavy atom. The van der Waals surface area contributed by atoms with Gasteiger partial charge in [-0.25, -0.2) is 14.9 Å². The molecule has 2 N–H and O–H groups in total. The summed E-state index contributed by atoms with van der Waals surface area (Å²) < 4.78 is 1.88. The Labute approximate surface area is 135 Å². The van der Waals surface area contributed by atoms with Gasteiger partial charge in [0.25, 0.3) is 0 Å². The van der Waals surface area contributed by atoms with E-state index >= 15 is 0 Å². The Bertz CT molecular complexity index is 916. The van der Waals surface area contributed by atoms with Crippen molar-refractivity contribution in [3.05, 3.63) is 24.3 Å². The van der Waals surface area contributed by atoms with Gasteiger partial charge in [-0.3, -0.25) is 14.1 Å². The van der Waals surface area contributed by atoms with Crippen LogP contribution >= 0.6 is 11.8 Å². The molecule has 0 bridgehead atoms. The van der Waals surface area contributed by atoms with Crippen molar-refractivity contribution < 1.29 is 9.59 Å². The maximum atomic E-state index is 12.4. The van der Waals surface area contributed by atoms with Crippen LogP contribution in [-0.4, -0.2) is 54.8 Å². The number of hydrogen-bond donors (Lipinski definition) is 2. The molecule has 118 valence electrons. The van der Waals surface area contributed by atoms with Gasteiger partial charge in [-0.2, -0.15) is 0 Å². The van der Waals surface area contributed by atoms with Gasteiger partial charge in [0, 0.05) is 13.1 Å². The molecule has 23 heavy (non-hydrogen) atoms. The summed E-state index contributed by atoms with van der Waals surface area (Å²) in [5.41, 5.74) is 1.79. The second-order valence-electron chi connectivity index (χ2n) is 5.25. The molecule has 3 amide bonds. The molecule has 1 aliphatic heterocycles. The Morgan fingerprint density at radius 1 is 1.39 bits per heavy atom. The zero-order valence-corrected chi connectivity index (χ0v) is 13.1. The number of thioether (sulfide) groups is 1. The number of aromatic amines is 1. The Balaban J connectivity index is 1.64. The van der Waals surface area contributed by atoms with Crippen LogP contribution in [0.5, 0.6) is 0 Å². The van der Waals surface area contributed by atoms with Gasteiger partial charge in [0.15, 0.2) is 5.16 Å². The summed E-state index contributed by atoms with van der Waals surface area (Å²) in [6, 6.07) is 7.40. The molecule has 0 saturated carbocycles. The fourth-order valence-corrected chi connectivity index (χ4v) is 3.56. The lowest BCUT2D eigenvalue weighted by molar-refractivity contribution is -0.126. The molecule has 0 aliphatic carbocycles. The third-order valence-electron chi connectivity index (χ3n) is 3.76. The van der Waals surface area contributed by atoms with Gasteiger partial charge < -0.3 is 5.32 Å². The largest absolute Gasteiger partial charge is 0.336 e. The zero-order valence-electron chi connectivity index (χ0n) is 12.3. The first-order valence-electron chi connectivity index (χ1n) is 7.22. The molecule has 9 heteroatoms. The molecule has 1 aliphatic rings. The van der Waals surface area contributed by atoms with E-state index in [1.165, 1.54) is 16.7 Å². The highest BCUT2D eigenvalue weighted by Gasteiger charge is 2.31. The number of fused-ring (bicyclic) bond motifs is 3. The maximum Gasteiger partial charge on any atom is 0.324 e. The van der Waals surface area contributed by atoms with E-state index in [1.54, 1.807) is 6.92 Å². The minimum absolute atomic E-state index is 0.217. The van der Waals surface area contributed by atoms with Crippen molar-refractivity contribution in [3.8, 4) is 0 Å². The summed E-state index contributed by atoms with van der Waals surface area (Å²) in [4.78, 5) is 29.7. The zero-order chi connectivity index (χ0) is 16.0. The molecular formula is C14H14N6O2S. The Kier molecular flexibility index (Phi) is 3.22. The van der Waals surface area contributed by atoms with Crippen LogP contribution in [0.25, 0.3) is 16.8 Å². The number of urea groups is 1. The van der Waals surface area contributed by atoms with E-state index in [0.29, 0.717) is 24.0 Å². The maximum absolute atomic E-state index is 12.4. The molecule has 3 heterocycles. The van der Waals surface area contributed by atoms with Crippen LogP contribution in [-0.2, 0) is 4.79 Å². The number of H-pyrrole nitrogens is 1. The number of benzene rings is 1. The third-order valence-corrected chi connectivity index (χ3v) is 4.80. The van der Waals surface area contributed by atoms with Crippen molar-refractivity contribution in [1.29, 1.82) is 0 Å². The van der Waals surface area contributed by atoms with Gasteiger partial charge in [-0.1, -0.05) is 23.9 Å². The van der Waals surface area contributed by atoms with E-state index in [0.717, 1.165) is 11.0 Å². The number of amides is 3. The van der Waals surface area contributed by atoms with Crippen molar-refractivity contribution >= 4 is 40.5 Å². The van der Waals surface area contributed by atoms with Gasteiger partial charge in [-0.05, 0) is 19.1 Å². The number of carbonyl (C=O) groups is 2. The standard InChI is InChI=1S/C14H14N6O2S/c1-8(11(21)19-7-6-15-13(19)22)23-14-18-17-12-16-9-4-2-3-5-10(9)20(12)14/h2-5,8H,6-7H2,1H3,(H,15,22)(H,16,17)/t8-/m0/s1. The molecule has 8 nitrogen and oxygen atoms in total. The Morgan fingerprint density at radius 2 is 2.22 bits per heavy atom. The average Bonchev–Trinajstić information content (AvgIpc) is 3.22. The van der Waals surface area contributed by atoms with Crippen molar-refractivity contribution in [1.82, 2.24) is 29.8 Å². The molecule has 1 atom stereocenters. The van der Waals surface area contributed by atoms with E-state index in [4.69, 9.17) is 0 Å². The second-order valence-corrected chi connectivity index (χ2v) is 6.56. The van der Waals surface area contributed by atoms with Crippen LogP contribution in [0.1, 0.15) is 6.92 Å². The number of aromatic nitrogens is 4. The minimum atomic E-state index is -0.425. The number of hydrogen-bond acceptors (Lipinski definition) is 5. The lowest BCUT2D eigenvalue weighted by Crippen LogP contribution is -2.39. The summed E-state index contributed by atoms with van der Waals surface area (Å²) in [5.74, 6) is 0.415. The van der Waals surface area contributed by atoms with Crippen LogP contribution in [0.2, 0.25) is 0 Å². The van der Waals surface area contributed by atoms with Crippen LogP contribution in [0.4, 0.5) is 4.79 Å². The van der Waals surface area contributed by atoms with Gasteiger partial charge in [0.1, 0.15) is 0 Å². The van der Waals surface area contributed by atoms with Crippen LogP contribution in [0.3, 0.4) is 0 Å². The predicted molar refractivity (Wildman–Crippen MR) is 85.3 cm³/mol. The normalized spacial score (nSPS) is 16.2. The van der Waals surface area contributed by atoms with Gasteiger partial charge in [0.2, 0.25) is 11.7 Å². The summed E-state index contributed by atoms with van der Waals surface area (Å²) >= 11 is 1.31. The number of imidazole rings is 1. The van der Waals surface area contributed by atoms with Crippen LogP contribution < -0.4 is 5.32 Å². The molecule has 1 saturated heterocycles. The first-order valence-corrected chi connectivity index (χ1v) is 8.10. The molecule has 0 spiro atoms. The third kappa shape index (κ3) is 2.24. The van der Waals surface area contributed by atoms with E-state index in [2.05, 4.69) is 20.5 Å². The lowest BCUT2D eigenvalue weighted by atomic mass is 10.3. The van der Waals surface area contributed by atoms with Gasteiger partial charge >= 0.3 is 6.03 Å². The molecule has 1 fully saturated rings. The van der Waals surface area contributed by atoms with Crippen molar-refractivity contribution in [2.75, 3.05) is 13.1 Å². The smallest absolute Gasteiger partial charge is 0.324 e. The summed E-state index contributed by atoms with van der Waals surface area (Å²) in [7, 11) is 0. The minimum Gasteiger partial charge on any atom is -0.336 e. The number of carbonyl (C=O) groups excluding carboxylic acids is 2. The molecule has 3 aromatic rings. The predicted octanol–water partition coefficient (Wildman–Crippen LogP) is 1.24. The first kappa shape index (κ1) is 14.1. The molecular weight excluding hydrogens is 316 g/mol. The second kappa shape index (κ2) is 5.27. The van der Waals surface area contributed by atoms with Crippen molar-refractivity contribution in [3.63, 3.8) is 0 Å². The molecule has 0 radical (unpaired) electrons. The first-order chi connectivity index (χ1) is 11.1. The molecule has 2 aromatic heterocycles. The number of nitrogens with one attached hydrogen (secondary N) is 2. The van der Waals surface area contributed by atoms with E-state index in [-0.39, 0.29) is 11.9 Å². The molecule has 0 unspecified atom stereocenters. The van der Waals surface area contributed by atoms with Crippen LogP contribution in [0, 0.1) is 0 Å². The SMILES string of the molecule is C[C@H](Sc1n[nH]c2nc3ccccc3n12)C(=O)N1CCNC1=O. The fourth-order valence-electron chi connectivity index (χ4n) is 2.63. The fraction of sp³-hybridized carbons (Fsp3) is 0.286. The van der Waals surface area contributed by atoms with Crippen LogP contribution in [0.15, 0.2) is 29.4 Å². The van der Waals surface area contributed by atoms with E-state index in [1.807, 2.05) is 28.7 Å². The van der Waals surface area contributed by atoms with Gasteiger partial charge in [-0.15, -0.1) is 5.10 Å². The lowest BCUT2D eigenvalue weighted by Gasteiger charge is -2.16. The topological polar surface area (TPSA) is 95.4 Å². The van der Waals surface area contributed by atoms with Crippen molar-refractivity contribution in [2.45, 2.75) is 17.3 Å². The summed E-state index contributed by atoms with van der Waals surface area (Å²) in [6.07, 6.45) is 0. The number of para-hydroxylation sites is 2. The highest BCUT2D eigenvalue weighted by atomic mass is 32.2. The number of nitrogens with zero attached hydrogens (tertiary/aromatic N) is 4. The molecule has 1 aromatic carbocycles. The average molecular weight is 330 g/mol. The quantitative estimate of drug-likeness (QED) is 0.705. The number of rotatable bonds is 3. The summed E-state index contributed by atoms with van der Waals surface area (Å²) in [5, 5.41) is 9.97. The van der Waals surface area contributed by atoms with Crippen molar-refractivity contribution in [2.24, 2.45) is 0 Å². The summed E-state index contributed by atoms with van der Waals surface area (Å²) in [6.45, 7) is 2.69.